The van der Waals surface area contributed by atoms with Crippen LogP contribution in [0.4, 0.5) is 0 Å². The van der Waals surface area contributed by atoms with Gasteiger partial charge in [-0.25, -0.2) is 0 Å². The van der Waals surface area contributed by atoms with E-state index in [9.17, 15) is 9.90 Å². The second-order valence-electron chi connectivity index (χ2n) is 6.04. The molecule has 1 unspecified atom stereocenters. The Morgan fingerprint density at radius 3 is 2.29 bits per heavy atom. The normalized spacial score (nSPS) is 32.2. The van der Waals surface area contributed by atoms with Crippen LogP contribution in [0.3, 0.4) is 0 Å². The maximum absolute atomic E-state index is 11.3. The molecule has 1 saturated heterocycles. The maximum atomic E-state index is 11.3. The summed E-state index contributed by atoms with van der Waals surface area (Å²) in [6.45, 7) is 5.22. The first kappa shape index (κ1) is 12.9. The summed E-state index contributed by atoms with van der Waals surface area (Å²) in [7, 11) is 0. The number of carboxylic acids is 1. The summed E-state index contributed by atoms with van der Waals surface area (Å²) in [5.74, 6) is 0.783. The van der Waals surface area contributed by atoms with Gasteiger partial charge in [0.1, 0.15) is 6.04 Å². The van der Waals surface area contributed by atoms with E-state index in [1.165, 1.54) is 32.1 Å². The van der Waals surface area contributed by atoms with Gasteiger partial charge in [0.15, 0.2) is 0 Å². The SMILES string of the molecule is CC(C)N1C[C@H](C2CCCCC2)CC1C(=O)O. The number of hydrogen-bond acceptors (Lipinski definition) is 2. The molecule has 2 atom stereocenters. The molecule has 17 heavy (non-hydrogen) atoms. The molecule has 1 heterocycles. The number of rotatable bonds is 3. The summed E-state index contributed by atoms with van der Waals surface area (Å²) < 4.78 is 0. The first-order chi connectivity index (χ1) is 8.09. The van der Waals surface area contributed by atoms with Crippen LogP contribution in [0.25, 0.3) is 0 Å². The fourth-order valence-electron chi connectivity index (χ4n) is 3.66. The third kappa shape index (κ3) is 2.82. The van der Waals surface area contributed by atoms with Crippen molar-refractivity contribution in [1.82, 2.24) is 4.90 Å². The molecule has 2 rings (SSSR count). The molecule has 0 radical (unpaired) electrons. The highest BCUT2D eigenvalue weighted by Gasteiger charge is 2.41. The lowest BCUT2D eigenvalue weighted by Gasteiger charge is -2.28. The van der Waals surface area contributed by atoms with Gasteiger partial charge in [-0.2, -0.15) is 0 Å². The van der Waals surface area contributed by atoms with Gasteiger partial charge in [-0.05, 0) is 32.1 Å². The van der Waals surface area contributed by atoms with Crippen LogP contribution in [-0.4, -0.2) is 34.6 Å². The van der Waals surface area contributed by atoms with Crippen molar-refractivity contribution in [3.63, 3.8) is 0 Å². The van der Waals surface area contributed by atoms with Crippen molar-refractivity contribution in [3.05, 3.63) is 0 Å². The average molecular weight is 239 g/mol. The van der Waals surface area contributed by atoms with Gasteiger partial charge in [0, 0.05) is 12.6 Å². The Labute approximate surface area is 104 Å². The fourth-order valence-corrected chi connectivity index (χ4v) is 3.66. The lowest BCUT2D eigenvalue weighted by atomic mass is 9.79. The van der Waals surface area contributed by atoms with E-state index in [2.05, 4.69) is 18.7 Å². The van der Waals surface area contributed by atoms with E-state index >= 15 is 0 Å². The number of carbonyl (C=O) groups is 1. The van der Waals surface area contributed by atoms with Gasteiger partial charge in [0.2, 0.25) is 0 Å². The monoisotopic (exact) mass is 239 g/mol. The van der Waals surface area contributed by atoms with Gasteiger partial charge >= 0.3 is 5.97 Å². The molecule has 0 spiro atoms. The highest BCUT2D eigenvalue weighted by molar-refractivity contribution is 5.74. The highest BCUT2D eigenvalue weighted by atomic mass is 16.4. The number of aliphatic carboxylic acids is 1. The first-order valence-electron chi connectivity index (χ1n) is 7.08. The smallest absolute Gasteiger partial charge is 0.320 e. The minimum atomic E-state index is -0.628. The van der Waals surface area contributed by atoms with Gasteiger partial charge in [-0.3, -0.25) is 9.69 Å². The molecule has 98 valence electrons. The summed E-state index contributed by atoms with van der Waals surface area (Å²) >= 11 is 0. The number of carboxylic acid groups (broad SMARTS) is 1. The Morgan fingerprint density at radius 2 is 1.82 bits per heavy atom. The second kappa shape index (κ2) is 5.38. The van der Waals surface area contributed by atoms with E-state index in [-0.39, 0.29) is 6.04 Å². The van der Waals surface area contributed by atoms with E-state index < -0.39 is 5.97 Å². The molecule has 0 aromatic carbocycles. The Balaban J connectivity index is 2.00. The van der Waals surface area contributed by atoms with Gasteiger partial charge in [0.05, 0.1) is 0 Å². The van der Waals surface area contributed by atoms with E-state index in [0.717, 1.165) is 18.9 Å². The van der Waals surface area contributed by atoms with E-state index in [1.54, 1.807) is 0 Å². The van der Waals surface area contributed by atoms with Crippen LogP contribution in [0, 0.1) is 11.8 Å². The Hall–Kier alpha value is -0.570. The van der Waals surface area contributed by atoms with E-state index in [0.29, 0.717) is 12.0 Å². The summed E-state index contributed by atoms with van der Waals surface area (Å²) in [5, 5.41) is 9.31. The van der Waals surface area contributed by atoms with Crippen LogP contribution < -0.4 is 0 Å². The van der Waals surface area contributed by atoms with E-state index in [4.69, 9.17) is 0 Å². The van der Waals surface area contributed by atoms with Crippen molar-refractivity contribution in [2.75, 3.05) is 6.54 Å². The summed E-state index contributed by atoms with van der Waals surface area (Å²) in [5.41, 5.74) is 0. The van der Waals surface area contributed by atoms with Crippen molar-refractivity contribution in [3.8, 4) is 0 Å². The molecule has 0 amide bonds. The molecule has 1 N–H and O–H groups in total. The molecular formula is C14H25NO2. The molecule has 0 aromatic heterocycles. The zero-order chi connectivity index (χ0) is 12.4. The maximum Gasteiger partial charge on any atom is 0.320 e. The number of likely N-dealkylation sites (tertiary alicyclic amines) is 1. The van der Waals surface area contributed by atoms with Crippen LogP contribution in [-0.2, 0) is 4.79 Å². The zero-order valence-corrected chi connectivity index (χ0v) is 11.1. The van der Waals surface area contributed by atoms with E-state index in [1.807, 2.05) is 0 Å². The van der Waals surface area contributed by atoms with Crippen LogP contribution >= 0.6 is 0 Å². The molecule has 1 aliphatic heterocycles. The molecule has 3 heteroatoms. The van der Waals surface area contributed by atoms with Crippen molar-refractivity contribution < 1.29 is 9.90 Å². The minimum absolute atomic E-state index is 0.234. The van der Waals surface area contributed by atoms with Crippen LogP contribution in [0.15, 0.2) is 0 Å². The molecule has 2 aliphatic rings. The molecule has 3 nitrogen and oxygen atoms in total. The Bertz CT molecular complexity index is 271. The van der Waals surface area contributed by atoms with Crippen LogP contribution in [0.5, 0.6) is 0 Å². The molecule has 2 fully saturated rings. The Morgan fingerprint density at radius 1 is 1.18 bits per heavy atom. The topological polar surface area (TPSA) is 40.5 Å². The predicted octanol–water partition coefficient (Wildman–Crippen LogP) is 2.75. The van der Waals surface area contributed by atoms with Crippen molar-refractivity contribution >= 4 is 5.97 Å². The Kier molecular flexibility index (Phi) is 4.08. The van der Waals surface area contributed by atoms with Gasteiger partial charge in [0.25, 0.3) is 0 Å². The quantitative estimate of drug-likeness (QED) is 0.823. The largest absolute Gasteiger partial charge is 0.480 e. The zero-order valence-electron chi connectivity index (χ0n) is 11.1. The van der Waals surface area contributed by atoms with Crippen molar-refractivity contribution in [1.29, 1.82) is 0 Å². The average Bonchev–Trinajstić information content (AvgIpc) is 2.75. The molecule has 1 aliphatic carbocycles. The van der Waals surface area contributed by atoms with Crippen LogP contribution in [0.2, 0.25) is 0 Å². The fraction of sp³-hybridized carbons (Fsp3) is 0.929. The van der Waals surface area contributed by atoms with Gasteiger partial charge < -0.3 is 5.11 Å². The predicted molar refractivity (Wildman–Crippen MR) is 67.9 cm³/mol. The number of hydrogen-bond donors (Lipinski definition) is 1. The first-order valence-corrected chi connectivity index (χ1v) is 7.08. The second-order valence-corrected chi connectivity index (χ2v) is 6.04. The van der Waals surface area contributed by atoms with Gasteiger partial charge in [-0.15, -0.1) is 0 Å². The molecule has 0 bridgehead atoms. The van der Waals surface area contributed by atoms with Crippen LogP contribution in [0.1, 0.15) is 52.4 Å². The lowest BCUT2D eigenvalue weighted by molar-refractivity contribution is -0.142. The lowest BCUT2D eigenvalue weighted by Crippen LogP contribution is -2.40. The minimum Gasteiger partial charge on any atom is -0.480 e. The summed E-state index contributed by atoms with van der Waals surface area (Å²) in [6, 6.07) is 0.117. The standard InChI is InChI=1S/C14H25NO2/c1-10(2)15-9-12(8-13(15)14(16)17)11-6-4-3-5-7-11/h10-13H,3-9H2,1-2H3,(H,16,17)/t12-,13?/m1/s1. The summed E-state index contributed by atoms with van der Waals surface area (Å²) in [4.78, 5) is 13.5. The molecular weight excluding hydrogens is 214 g/mol. The highest BCUT2D eigenvalue weighted by Crippen LogP contribution is 2.38. The molecule has 1 saturated carbocycles. The number of nitrogens with zero attached hydrogens (tertiary/aromatic N) is 1. The third-order valence-corrected chi connectivity index (χ3v) is 4.64. The third-order valence-electron chi connectivity index (χ3n) is 4.64. The molecule has 0 aromatic rings. The van der Waals surface area contributed by atoms with Crippen molar-refractivity contribution in [2.24, 2.45) is 11.8 Å². The van der Waals surface area contributed by atoms with Crippen molar-refractivity contribution in [2.45, 2.75) is 64.5 Å². The summed E-state index contributed by atoms with van der Waals surface area (Å²) in [6.07, 6.45) is 7.59. The van der Waals surface area contributed by atoms with Gasteiger partial charge in [-0.1, -0.05) is 32.1 Å².